The summed E-state index contributed by atoms with van der Waals surface area (Å²) >= 11 is 0. The Hall–Kier alpha value is -2.31. The van der Waals surface area contributed by atoms with Crippen molar-refractivity contribution in [3.05, 3.63) is 52.6 Å². The summed E-state index contributed by atoms with van der Waals surface area (Å²) in [5, 5.41) is 0. The summed E-state index contributed by atoms with van der Waals surface area (Å²) in [6.07, 6.45) is 2.17. The van der Waals surface area contributed by atoms with Crippen molar-refractivity contribution in [2.24, 2.45) is 0 Å². The first-order valence-electron chi connectivity index (χ1n) is 9.33. The number of ether oxygens (including phenoxy) is 1. The van der Waals surface area contributed by atoms with Crippen LogP contribution in [0.15, 0.2) is 24.3 Å². The SMILES string of the molecule is O=C1c2ccccc2C(=O)c2c1nc(C1CC1)n2CCN1CCOCC1. The molecule has 2 fully saturated rings. The molecule has 0 radical (unpaired) electrons. The van der Waals surface area contributed by atoms with Gasteiger partial charge in [-0.05, 0) is 12.8 Å². The average Bonchev–Trinajstić information content (AvgIpc) is 3.46. The third kappa shape index (κ3) is 2.52. The lowest BCUT2D eigenvalue weighted by Crippen LogP contribution is -2.38. The van der Waals surface area contributed by atoms with Gasteiger partial charge < -0.3 is 9.30 Å². The van der Waals surface area contributed by atoms with E-state index in [4.69, 9.17) is 4.74 Å². The van der Waals surface area contributed by atoms with Gasteiger partial charge in [0, 0.05) is 43.2 Å². The number of aromatic nitrogens is 2. The highest BCUT2D eigenvalue weighted by Crippen LogP contribution is 2.41. The van der Waals surface area contributed by atoms with Gasteiger partial charge >= 0.3 is 0 Å². The van der Waals surface area contributed by atoms with Crippen LogP contribution in [0.2, 0.25) is 0 Å². The van der Waals surface area contributed by atoms with Gasteiger partial charge in [0.2, 0.25) is 11.6 Å². The predicted octanol–water partition coefficient (Wildman–Crippen LogP) is 1.87. The van der Waals surface area contributed by atoms with E-state index in [1.165, 1.54) is 0 Å². The molecule has 134 valence electrons. The fourth-order valence-corrected chi connectivity index (χ4v) is 3.94. The van der Waals surface area contributed by atoms with Crippen molar-refractivity contribution in [2.75, 3.05) is 32.8 Å². The van der Waals surface area contributed by atoms with E-state index in [0.29, 0.717) is 35.0 Å². The first-order valence-corrected chi connectivity index (χ1v) is 9.33. The van der Waals surface area contributed by atoms with Crippen molar-refractivity contribution in [3.8, 4) is 0 Å². The fourth-order valence-electron chi connectivity index (χ4n) is 3.94. The van der Waals surface area contributed by atoms with Crippen LogP contribution >= 0.6 is 0 Å². The average molecular weight is 351 g/mol. The molecule has 6 heteroatoms. The van der Waals surface area contributed by atoms with Gasteiger partial charge in [-0.15, -0.1) is 0 Å². The number of rotatable bonds is 4. The molecule has 2 aromatic rings. The lowest BCUT2D eigenvalue weighted by Gasteiger charge is -2.27. The Labute approximate surface area is 151 Å². The number of hydrogen-bond donors (Lipinski definition) is 0. The summed E-state index contributed by atoms with van der Waals surface area (Å²) in [6, 6.07) is 7.08. The van der Waals surface area contributed by atoms with Gasteiger partial charge in [0.15, 0.2) is 0 Å². The zero-order valence-electron chi connectivity index (χ0n) is 14.6. The minimum Gasteiger partial charge on any atom is -0.379 e. The Morgan fingerprint density at radius 2 is 1.69 bits per heavy atom. The van der Waals surface area contributed by atoms with Gasteiger partial charge in [0.05, 0.1) is 13.2 Å². The largest absolute Gasteiger partial charge is 0.379 e. The van der Waals surface area contributed by atoms with Gasteiger partial charge in [-0.25, -0.2) is 4.98 Å². The minimum atomic E-state index is -0.123. The van der Waals surface area contributed by atoms with Crippen LogP contribution in [-0.4, -0.2) is 58.9 Å². The molecule has 2 heterocycles. The maximum Gasteiger partial charge on any atom is 0.214 e. The summed E-state index contributed by atoms with van der Waals surface area (Å²) in [5.41, 5.74) is 1.81. The molecule has 6 nitrogen and oxygen atoms in total. The lowest BCUT2D eigenvalue weighted by atomic mass is 9.90. The number of hydrogen-bond acceptors (Lipinski definition) is 5. The highest BCUT2D eigenvalue weighted by molar-refractivity contribution is 6.27. The standard InChI is InChI=1S/C20H21N3O3/c24-18-14-3-1-2-4-15(14)19(25)17-16(18)21-20(13-5-6-13)23(17)8-7-22-9-11-26-12-10-22/h1-4,13H,5-12H2. The van der Waals surface area contributed by atoms with Crippen molar-refractivity contribution >= 4 is 11.6 Å². The van der Waals surface area contributed by atoms with Crippen LogP contribution < -0.4 is 0 Å². The minimum absolute atomic E-state index is 0.0726. The molecule has 0 atom stereocenters. The molecular weight excluding hydrogens is 330 g/mol. The first-order chi connectivity index (χ1) is 12.7. The molecule has 1 aliphatic heterocycles. The first kappa shape index (κ1) is 15.9. The number of nitrogens with zero attached hydrogens (tertiary/aromatic N) is 3. The summed E-state index contributed by atoms with van der Waals surface area (Å²) in [6.45, 7) is 4.85. The third-order valence-electron chi connectivity index (χ3n) is 5.53. The van der Waals surface area contributed by atoms with E-state index in [0.717, 1.165) is 51.5 Å². The van der Waals surface area contributed by atoms with Crippen LogP contribution in [-0.2, 0) is 11.3 Å². The molecular formula is C20H21N3O3. The van der Waals surface area contributed by atoms with Crippen molar-refractivity contribution in [1.29, 1.82) is 0 Å². The number of carbonyl (C=O) groups excluding carboxylic acids is 2. The van der Waals surface area contributed by atoms with E-state index in [-0.39, 0.29) is 11.6 Å². The Kier molecular flexibility index (Phi) is 3.76. The molecule has 0 bridgehead atoms. The molecule has 1 saturated heterocycles. The molecule has 0 N–H and O–H groups in total. The van der Waals surface area contributed by atoms with Gasteiger partial charge in [-0.1, -0.05) is 24.3 Å². The Bertz CT molecular complexity index is 892. The maximum absolute atomic E-state index is 13.1. The van der Waals surface area contributed by atoms with Crippen molar-refractivity contribution in [3.63, 3.8) is 0 Å². The quantitative estimate of drug-likeness (QED) is 0.718. The van der Waals surface area contributed by atoms with Crippen molar-refractivity contribution < 1.29 is 14.3 Å². The Morgan fingerprint density at radius 3 is 2.38 bits per heavy atom. The van der Waals surface area contributed by atoms with Crippen molar-refractivity contribution in [2.45, 2.75) is 25.3 Å². The molecule has 0 unspecified atom stereocenters. The Morgan fingerprint density at radius 1 is 1.00 bits per heavy atom. The number of ketones is 2. The number of fused-ring (bicyclic) bond motifs is 2. The molecule has 2 aliphatic carbocycles. The second kappa shape index (κ2) is 6.14. The topological polar surface area (TPSA) is 64.4 Å². The number of carbonyl (C=O) groups is 2. The lowest BCUT2D eigenvalue weighted by molar-refractivity contribution is 0.0362. The smallest absolute Gasteiger partial charge is 0.214 e. The molecule has 0 amide bonds. The summed E-state index contributed by atoms with van der Waals surface area (Å²) in [7, 11) is 0. The molecule has 0 spiro atoms. The molecule has 1 saturated carbocycles. The number of benzene rings is 1. The van der Waals surface area contributed by atoms with Gasteiger partial charge in [0.25, 0.3) is 0 Å². The molecule has 1 aromatic carbocycles. The number of morpholine rings is 1. The van der Waals surface area contributed by atoms with E-state index in [1.54, 1.807) is 18.2 Å². The van der Waals surface area contributed by atoms with E-state index >= 15 is 0 Å². The maximum atomic E-state index is 13.1. The van der Waals surface area contributed by atoms with E-state index in [1.807, 2.05) is 10.6 Å². The fraction of sp³-hybridized carbons (Fsp3) is 0.450. The summed E-state index contributed by atoms with van der Waals surface area (Å²) in [5.74, 6) is 1.10. The summed E-state index contributed by atoms with van der Waals surface area (Å²) < 4.78 is 7.44. The van der Waals surface area contributed by atoms with Crippen LogP contribution in [0.1, 0.15) is 56.7 Å². The van der Waals surface area contributed by atoms with Gasteiger partial charge in [0.1, 0.15) is 17.2 Å². The van der Waals surface area contributed by atoms with Crippen molar-refractivity contribution in [1.82, 2.24) is 14.5 Å². The second-order valence-electron chi connectivity index (χ2n) is 7.25. The van der Waals surface area contributed by atoms with Crippen LogP contribution in [0.3, 0.4) is 0 Å². The molecule has 3 aliphatic rings. The van der Waals surface area contributed by atoms with Crippen LogP contribution in [0, 0.1) is 0 Å². The third-order valence-corrected chi connectivity index (χ3v) is 5.53. The van der Waals surface area contributed by atoms with E-state index in [9.17, 15) is 9.59 Å². The monoisotopic (exact) mass is 351 g/mol. The number of imidazole rings is 1. The molecule has 1 aromatic heterocycles. The molecule has 5 rings (SSSR count). The molecule has 26 heavy (non-hydrogen) atoms. The predicted molar refractivity (Wildman–Crippen MR) is 94.8 cm³/mol. The van der Waals surface area contributed by atoms with Crippen LogP contribution in [0.25, 0.3) is 0 Å². The highest BCUT2D eigenvalue weighted by Gasteiger charge is 2.39. The zero-order chi connectivity index (χ0) is 17.7. The zero-order valence-corrected chi connectivity index (χ0v) is 14.6. The van der Waals surface area contributed by atoms with Gasteiger partial charge in [-0.3, -0.25) is 14.5 Å². The van der Waals surface area contributed by atoms with Crippen LogP contribution in [0.5, 0.6) is 0 Å². The normalized spacial score (nSPS) is 20.2. The van der Waals surface area contributed by atoms with E-state index in [2.05, 4.69) is 9.88 Å². The Balaban J connectivity index is 1.53. The van der Waals surface area contributed by atoms with E-state index < -0.39 is 0 Å². The van der Waals surface area contributed by atoms with Crippen LogP contribution in [0.4, 0.5) is 0 Å². The highest BCUT2D eigenvalue weighted by atomic mass is 16.5. The summed E-state index contributed by atoms with van der Waals surface area (Å²) in [4.78, 5) is 33.0. The second-order valence-corrected chi connectivity index (χ2v) is 7.25. The van der Waals surface area contributed by atoms with Gasteiger partial charge in [-0.2, -0.15) is 0 Å².